The Morgan fingerprint density at radius 1 is 1.45 bits per heavy atom. The summed E-state index contributed by atoms with van der Waals surface area (Å²) < 4.78 is 5.31. The Morgan fingerprint density at radius 3 is 3.00 bits per heavy atom. The quantitative estimate of drug-likeness (QED) is 0.796. The van der Waals surface area contributed by atoms with Crippen LogP contribution in [0.4, 0.5) is 5.82 Å². The lowest BCUT2D eigenvalue weighted by atomic mass is 10.2. The third kappa shape index (κ3) is 4.18. The highest BCUT2D eigenvalue weighted by atomic mass is 16.5. The molecule has 1 saturated heterocycles. The van der Waals surface area contributed by atoms with Crippen LogP contribution in [0.3, 0.4) is 0 Å². The van der Waals surface area contributed by atoms with Gasteiger partial charge in [-0.15, -0.1) is 0 Å². The fourth-order valence-electron chi connectivity index (χ4n) is 2.14. The van der Waals surface area contributed by atoms with Crippen molar-refractivity contribution in [3.8, 4) is 0 Å². The number of aromatic nitrogens is 1. The topological polar surface area (TPSA) is 66.5 Å². The molecule has 2 rings (SSSR count). The molecule has 0 radical (unpaired) electrons. The van der Waals surface area contributed by atoms with E-state index in [1.807, 2.05) is 6.92 Å². The summed E-state index contributed by atoms with van der Waals surface area (Å²) in [5, 5.41) is 6.04. The Labute approximate surface area is 119 Å². The van der Waals surface area contributed by atoms with Gasteiger partial charge in [-0.2, -0.15) is 0 Å². The second-order valence-electron chi connectivity index (χ2n) is 4.64. The fraction of sp³-hybridized carbons (Fsp3) is 0.571. The summed E-state index contributed by atoms with van der Waals surface area (Å²) in [7, 11) is 0. The zero-order chi connectivity index (χ0) is 14.2. The lowest BCUT2D eigenvalue weighted by Crippen LogP contribution is -2.39. The van der Waals surface area contributed by atoms with Crippen molar-refractivity contribution in [2.75, 3.05) is 51.3 Å². The van der Waals surface area contributed by atoms with Gasteiger partial charge in [0.1, 0.15) is 5.82 Å². The van der Waals surface area contributed by atoms with Crippen LogP contribution in [-0.2, 0) is 4.74 Å². The molecule has 1 amide bonds. The van der Waals surface area contributed by atoms with Gasteiger partial charge in [-0.25, -0.2) is 4.98 Å². The van der Waals surface area contributed by atoms with Gasteiger partial charge in [0.05, 0.1) is 18.8 Å². The third-order valence-corrected chi connectivity index (χ3v) is 3.21. The molecule has 1 fully saturated rings. The number of rotatable bonds is 6. The van der Waals surface area contributed by atoms with Crippen LogP contribution in [0.15, 0.2) is 18.3 Å². The van der Waals surface area contributed by atoms with E-state index in [2.05, 4.69) is 20.5 Å². The van der Waals surface area contributed by atoms with Crippen molar-refractivity contribution in [3.63, 3.8) is 0 Å². The van der Waals surface area contributed by atoms with Gasteiger partial charge in [0.15, 0.2) is 0 Å². The maximum Gasteiger partial charge on any atom is 0.255 e. The van der Waals surface area contributed by atoms with Crippen LogP contribution in [0.1, 0.15) is 17.3 Å². The third-order valence-electron chi connectivity index (χ3n) is 3.21. The van der Waals surface area contributed by atoms with Crippen molar-refractivity contribution in [2.45, 2.75) is 6.92 Å². The molecule has 110 valence electrons. The van der Waals surface area contributed by atoms with Crippen LogP contribution >= 0.6 is 0 Å². The molecule has 0 aliphatic carbocycles. The van der Waals surface area contributed by atoms with E-state index in [0.29, 0.717) is 17.9 Å². The minimum Gasteiger partial charge on any atom is -0.379 e. The molecular weight excluding hydrogens is 256 g/mol. The second-order valence-corrected chi connectivity index (χ2v) is 4.64. The highest BCUT2D eigenvalue weighted by molar-refractivity contribution is 5.98. The van der Waals surface area contributed by atoms with E-state index >= 15 is 0 Å². The van der Waals surface area contributed by atoms with Crippen molar-refractivity contribution in [1.82, 2.24) is 15.2 Å². The van der Waals surface area contributed by atoms with E-state index in [1.165, 1.54) is 0 Å². The van der Waals surface area contributed by atoms with Gasteiger partial charge < -0.3 is 15.4 Å². The monoisotopic (exact) mass is 278 g/mol. The number of pyridine rings is 1. The average molecular weight is 278 g/mol. The van der Waals surface area contributed by atoms with E-state index in [4.69, 9.17) is 4.74 Å². The SMILES string of the molecule is CCNC(=O)c1cccnc1NCCN1CCOCC1. The van der Waals surface area contributed by atoms with E-state index in [-0.39, 0.29) is 5.91 Å². The first-order chi connectivity index (χ1) is 9.81. The Kier molecular flexibility index (Phi) is 5.76. The maximum atomic E-state index is 11.9. The summed E-state index contributed by atoms with van der Waals surface area (Å²) in [6.07, 6.45) is 1.69. The van der Waals surface area contributed by atoms with Crippen LogP contribution in [0.5, 0.6) is 0 Å². The molecule has 1 aromatic rings. The summed E-state index contributed by atoms with van der Waals surface area (Å²) in [6.45, 7) is 7.74. The minimum absolute atomic E-state index is 0.0885. The molecule has 6 nitrogen and oxygen atoms in total. The number of amides is 1. The molecule has 0 saturated carbocycles. The Hall–Kier alpha value is -1.66. The van der Waals surface area contributed by atoms with Crippen LogP contribution in [0.25, 0.3) is 0 Å². The van der Waals surface area contributed by atoms with Gasteiger partial charge in [0, 0.05) is 38.9 Å². The number of nitrogens with zero attached hydrogens (tertiary/aromatic N) is 2. The second kappa shape index (κ2) is 7.81. The normalized spacial score (nSPS) is 15.8. The zero-order valence-corrected chi connectivity index (χ0v) is 11.9. The van der Waals surface area contributed by atoms with Gasteiger partial charge in [-0.05, 0) is 19.1 Å². The number of anilines is 1. The van der Waals surface area contributed by atoms with E-state index in [0.717, 1.165) is 39.4 Å². The Morgan fingerprint density at radius 2 is 2.25 bits per heavy atom. The first-order valence-corrected chi connectivity index (χ1v) is 7.08. The molecule has 20 heavy (non-hydrogen) atoms. The lowest BCUT2D eigenvalue weighted by molar-refractivity contribution is 0.0398. The van der Waals surface area contributed by atoms with Gasteiger partial charge >= 0.3 is 0 Å². The summed E-state index contributed by atoms with van der Waals surface area (Å²) in [5.41, 5.74) is 0.594. The molecular formula is C14H22N4O2. The van der Waals surface area contributed by atoms with Crippen LogP contribution in [0.2, 0.25) is 0 Å². The average Bonchev–Trinajstić information content (AvgIpc) is 2.49. The predicted octanol–water partition coefficient (Wildman–Crippen LogP) is 0.575. The molecule has 0 aromatic carbocycles. The summed E-state index contributed by atoms with van der Waals surface area (Å²) in [6, 6.07) is 3.56. The number of carbonyl (C=O) groups excluding carboxylic acids is 1. The first-order valence-electron chi connectivity index (χ1n) is 7.08. The zero-order valence-electron chi connectivity index (χ0n) is 11.9. The maximum absolute atomic E-state index is 11.9. The number of hydrogen-bond acceptors (Lipinski definition) is 5. The number of nitrogens with one attached hydrogen (secondary N) is 2. The van der Waals surface area contributed by atoms with Crippen molar-refractivity contribution in [1.29, 1.82) is 0 Å². The van der Waals surface area contributed by atoms with Gasteiger partial charge in [0.25, 0.3) is 5.91 Å². The Bertz CT molecular complexity index is 433. The molecule has 0 bridgehead atoms. The van der Waals surface area contributed by atoms with Gasteiger partial charge in [-0.3, -0.25) is 9.69 Å². The van der Waals surface area contributed by atoms with E-state index < -0.39 is 0 Å². The standard InChI is InChI=1S/C14H22N4O2/c1-2-15-14(19)12-4-3-5-16-13(12)17-6-7-18-8-10-20-11-9-18/h3-5H,2,6-11H2,1H3,(H,15,19)(H,16,17). The lowest BCUT2D eigenvalue weighted by Gasteiger charge is -2.26. The fourth-order valence-corrected chi connectivity index (χ4v) is 2.14. The molecule has 0 atom stereocenters. The van der Waals surface area contributed by atoms with E-state index in [9.17, 15) is 4.79 Å². The van der Waals surface area contributed by atoms with Crippen LogP contribution < -0.4 is 10.6 Å². The smallest absolute Gasteiger partial charge is 0.255 e. The summed E-state index contributed by atoms with van der Waals surface area (Å²) >= 11 is 0. The van der Waals surface area contributed by atoms with Gasteiger partial charge in [-0.1, -0.05) is 0 Å². The highest BCUT2D eigenvalue weighted by Gasteiger charge is 2.12. The van der Waals surface area contributed by atoms with E-state index in [1.54, 1.807) is 18.3 Å². The largest absolute Gasteiger partial charge is 0.379 e. The number of carbonyl (C=O) groups is 1. The van der Waals surface area contributed by atoms with Crippen molar-refractivity contribution in [2.24, 2.45) is 0 Å². The van der Waals surface area contributed by atoms with Crippen LogP contribution in [0, 0.1) is 0 Å². The molecule has 2 N–H and O–H groups in total. The summed E-state index contributed by atoms with van der Waals surface area (Å²) in [4.78, 5) is 18.5. The van der Waals surface area contributed by atoms with Crippen molar-refractivity contribution < 1.29 is 9.53 Å². The van der Waals surface area contributed by atoms with Crippen LogP contribution in [-0.4, -0.2) is 61.7 Å². The molecule has 1 aliphatic rings. The van der Waals surface area contributed by atoms with Gasteiger partial charge in [0.2, 0.25) is 0 Å². The van der Waals surface area contributed by atoms with Crippen molar-refractivity contribution >= 4 is 11.7 Å². The molecule has 1 aliphatic heterocycles. The molecule has 0 unspecified atom stereocenters. The molecule has 0 spiro atoms. The summed E-state index contributed by atoms with van der Waals surface area (Å²) in [5.74, 6) is 0.557. The molecule has 2 heterocycles. The minimum atomic E-state index is -0.0885. The predicted molar refractivity (Wildman–Crippen MR) is 78.0 cm³/mol. The Balaban J connectivity index is 1.86. The number of ether oxygens (including phenoxy) is 1. The number of hydrogen-bond donors (Lipinski definition) is 2. The molecule has 1 aromatic heterocycles. The first kappa shape index (κ1) is 14.7. The van der Waals surface area contributed by atoms with Crippen molar-refractivity contribution in [3.05, 3.63) is 23.9 Å². The molecule has 6 heteroatoms. The number of morpholine rings is 1. The highest BCUT2D eigenvalue weighted by Crippen LogP contribution is 2.11.